The summed E-state index contributed by atoms with van der Waals surface area (Å²) in [7, 11) is 1.42. The topological polar surface area (TPSA) is 64.2 Å². The van der Waals surface area contributed by atoms with Crippen molar-refractivity contribution in [3.05, 3.63) is 22.2 Å². The molecule has 5 nitrogen and oxygen atoms in total. The van der Waals surface area contributed by atoms with Gasteiger partial charge in [0.25, 0.3) is 5.56 Å². The summed E-state index contributed by atoms with van der Waals surface area (Å²) in [5.74, 6) is 0.415. The van der Waals surface area contributed by atoms with Crippen LogP contribution in [0, 0.1) is 6.92 Å². The fraction of sp³-hybridized carbons (Fsp3) is 0.333. The first-order valence-corrected chi connectivity index (χ1v) is 3.07. The number of carbonyl (C=O) groups excluding carboxylic acids is 1. The maximum atomic E-state index is 10.8. The summed E-state index contributed by atoms with van der Waals surface area (Å²) in [6, 6.07) is 0.679. The lowest BCUT2D eigenvalue weighted by Gasteiger charge is -1.94. The van der Waals surface area contributed by atoms with Gasteiger partial charge in [0.2, 0.25) is 0 Å². The number of aromatic nitrogens is 1. The van der Waals surface area contributed by atoms with Crippen LogP contribution in [0.1, 0.15) is 5.76 Å². The Balaban J connectivity index is 3.13. The van der Waals surface area contributed by atoms with Crippen LogP contribution in [0.25, 0.3) is 0 Å². The predicted molar refractivity (Wildman–Crippen MR) is 37.6 cm³/mol. The van der Waals surface area contributed by atoms with Crippen molar-refractivity contribution in [3.8, 4) is 0 Å². The van der Waals surface area contributed by atoms with Crippen molar-refractivity contribution in [2.75, 3.05) is 7.05 Å². The predicted octanol–water partition coefficient (Wildman–Crippen LogP) is -0.0628. The van der Waals surface area contributed by atoms with Gasteiger partial charge in [0, 0.05) is 13.1 Å². The molecule has 0 aromatic carbocycles. The van der Waals surface area contributed by atoms with Crippen LogP contribution in [-0.4, -0.2) is 17.8 Å². The van der Waals surface area contributed by atoms with E-state index in [1.54, 1.807) is 6.92 Å². The van der Waals surface area contributed by atoms with Gasteiger partial charge in [-0.2, -0.15) is 0 Å². The average Bonchev–Trinajstić information content (AvgIpc) is 2.28. The molecule has 0 aliphatic carbocycles. The van der Waals surface area contributed by atoms with Gasteiger partial charge in [-0.05, 0) is 6.92 Å². The van der Waals surface area contributed by atoms with Crippen molar-refractivity contribution in [2.45, 2.75) is 6.92 Å². The fourth-order valence-electron chi connectivity index (χ4n) is 0.691. The summed E-state index contributed by atoms with van der Waals surface area (Å²) in [5.41, 5.74) is -0.457. The Labute approximate surface area is 62.6 Å². The summed E-state index contributed by atoms with van der Waals surface area (Å²) in [6.07, 6.45) is 0. The molecule has 1 N–H and O–H groups in total. The first-order chi connectivity index (χ1) is 5.15. The highest BCUT2D eigenvalue weighted by atomic mass is 16.5. The number of amides is 1. The lowest BCUT2D eigenvalue weighted by Crippen LogP contribution is -2.30. The first kappa shape index (κ1) is 7.59. The Morgan fingerprint density at radius 3 is 2.73 bits per heavy atom. The third-order valence-electron chi connectivity index (χ3n) is 1.16. The van der Waals surface area contributed by atoms with Gasteiger partial charge in [0.15, 0.2) is 0 Å². The van der Waals surface area contributed by atoms with Gasteiger partial charge in [-0.3, -0.25) is 4.79 Å². The van der Waals surface area contributed by atoms with Gasteiger partial charge >= 0.3 is 6.03 Å². The number of hydrogen-bond acceptors (Lipinski definition) is 3. The Morgan fingerprint density at radius 2 is 2.36 bits per heavy atom. The Kier molecular flexibility index (Phi) is 1.80. The normalized spacial score (nSPS) is 9.64. The zero-order valence-electron chi connectivity index (χ0n) is 6.25. The molecule has 60 valence electrons. The summed E-state index contributed by atoms with van der Waals surface area (Å²) in [5, 5.41) is 2.27. The summed E-state index contributed by atoms with van der Waals surface area (Å²) in [4.78, 5) is 21.7. The Bertz CT molecular complexity index is 323. The Morgan fingerprint density at radius 1 is 1.73 bits per heavy atom. The van der Waals surface area contributed by atoms with Crippen molar-refractivity contribution in [2.24, 2.45) is 0 Å². The molecule has 0 radical (unpaired) electrons. The van der Waals surface area contributed by atoms with E-state index in [1.165, 1.54) is 13.1 Å². The van der Waals surface area contributed by atoms with E-state index in [4.69, 9.17) is 4.52 Å². The van der Waals surface area contributed by atoms with E-state index in [0.717, 1.165) is 0 Å². The Hall–Kier alpha value is -1.52. The highest BCUT2D eigenvalue weighted by molar-refractivity contribution is 5.74. The highest BCUT2D eigenvalue weighted by Gasteiger charge is 2.08. The van der Waals surface area contributed by atoms with Crippen LogP contribution in [0.4, 0.5) is 4.79 Å². The van der Waals surface area contributed by atoms with E-state index in [1.807, 2.05) is 0 Å². The van der Waals surface area contributed by atoms with Gasteiger partial charge in [0.05, 0.1) is 0 Å². The maximum absolute atomic E-state index is 10.8. The molecule has 5 heteroatoms. The van der Waals surface area contributed by atoms with E-state index in [2.05, 4.69) is 5.32 Å². The average molecular weight is 156 g/mol. The number of rotatable bonds is 0. The van der Waals surface area contributed by atoms with Crippen LogP contribution in [0.3, 0.4) is 0 Å². The maximum Gasteiger partial charge on any atom is 0.358 e. The molecular formula is C6H8N2O3. The molecule has 0 saturated carbocycles. The zero-order valence-corrected chi connectivity index (χ0v) is 6.25. The number of nitrogens with zero attached hydrogens (tertiary/aromatic N) is 1. The largest absolute Gasteiger partial charge is 0.372 e. The molecular weight excluding hydrogens is 148 g/mol. The lowest BCUT2D eigenvalue weighted by molar-refractivity contribution is 0.208. The molecule has 1 heterocycles. The van der Waals surface area contributed by atoms with Crippen LogP contribution in [0.5, 0.6) is 0 Å². The molecule has 0 fully saturated rings. The summed E-state index contributed by atoms with van der Waals surface area (Å²) >= 11 is 0. The minimum atomic E-state index is -0.567. The van der Waals surface area contributed by atoms with Crippen LogP contribution >= 0.6 is 0 Å². The SMILES string of the molecule is CNC(=O)n1oc(C)cc1=O. The van der Waals surface area contributed by atoms with Gasteiger partial charge in [-0.1, -0.05) is 4.74 Å². The molecule has 0 spiro atoms. The van der Waals surface area contributed by atoms with Crippen molar-refractivity contribution >= 4 is 6.03 Å². The van der Waals surface area contributed by atoms with Gasteiger partial charge in [0.1, 0.15) is 5.76 Å². The van der Waals surface area contributed by atoms with E-state index < -0.39 is 11.6 Å². The van der Waals surface area contributed by atoms with Crippen LogP contribution in [0.2, 0.25) is 0 Å². The van der Waals surface area contributed by atoms with Crippen molar-refractivity contribution in [1.29, 1.82) is 0 Å². The van der Waals surface area contributed by atoms with Crippen LogP contribution in [0.15, 0.2) is 15.4 Å². The first-order valence-electron chi connectivity index (χ1n) is 3.07. The van der Waals surface area contributed by atoms with Crippen LogP contribution in [-0.2, 0) is 0 Å². The van der Waals surface area contributed by atoms with E-state index in [0.29, 0.717) is 10.5 Å². The fourth-order valence-corrected chi connectivity index (χ4v) is 0.691. The van der Waals surface area contributed by atoms with Gasteiger partial charge < -0.3 is 9.84 Å². The molecule has 0 aliphatic rings. The molecule has 0 unspecified atom stereocenters. The molecule has 1 aromatic heterocycles. The lowest BCUT2D eigenvalue weighted by atomic mass is 10.5. The molecule has 1 aromatic rings. The standard InChI is InChI=1S/C6H8N2O3/c1-4-3-5(9)8(11-4)6(10)7-2/h3H,1-2H3,(H,7,10). The van der Waals surface area contributed by atoms with Crippen LogP contribution < -0.4 is 10.9 Å². The van der Waals surface area contributed by atoms with Gasteiger partial charge in [-0.15, -0.1) is 0 Å². The number of aryl methyl sites for hydroxylation is 1. The van der Waals surface area contributed by atoms with Crippen molar-refractivity contribution in [1.82, 2.24) is 10.1 Å². The number of carbonyl (C=O) groups is 1. The molecule has 1 rings (SSSR count). The quantitative estimate of drug-likeness (QED) is 0.572. The summed E-state index contributed by atoms with van der Waals surface area (Å²) < 4.78 is 5.42. The number of nitrogens with one attached hydrogen (secondary N) is 1. The minimum absolute atomic E-state index is 0.415. The van der Waals surface area contributed by atoms with Gasteiger partial charge in [-0.25, -0.2) is 4.79 Å². The molecule has 0 atom stereocenters. The van der Waals surface area contributed by atoms with Crippen molar-refractivity contribution < 1.29 is 9.32 Å². The van der Waals surface area contributed by atoms with E-state index >= 15 is 0 Å². The molecule has 0 bridgehead atoms. The molecule has 0 aliphatic heterocycles. The third-order valence-corrected chi connectivity index (χ3v) is 1.16. The second-order valence-electron chi connectivity index (χ2n) is 2.03. The second-order valence-corrected chi connectivity index (χ2v) is 2.03. The monoisotopic (exact) mass is 156 g/mol. The summed E-state index contributed by atoms with van der Waals surface area (Å²) in [6.45, 7) is 1.60. The minimum Gasteiger partial charge on any atom is -0.372 e. The second kappa shape index (κ2) is 2.61. The molecule has 1 amide bonds. The number of hydrogen-bond donors (Lipinski definition) is 1. The van der Waals surface area contributed by atoms with E-state index in [-0.39, 0.29) is 0 Å². The van der Waals surface area contributed by atoms with Crippen molar-refractivity contribution in [3.63, 3.8) is 0 Å². The smallest absolute Gasteiger partial charge is 0.358 e. The highest BCUT2D eigenvalue weighted by Crippen LogP contribution is 1.90. The van der Waals surface area contributed by atoms with E-state index in [9.17, 15) is 9.59 Å². The zero-order chi connectivity index (χ0) is 8.43. The molecule has 11 heavy (non-hydrogen) atoms. The molecule has 0 saturated heterocycles. The third kappa shape index (κ3) is 1.31.